The summed E-state index contributed by atoms with van der Waals surface area (Å²) in [7, 11) is 2.04. The molecule has 1 saturated carbocycles. The van der Waals surface area contributed by atoms with Crippen molar-refractivity contribution in [3.8, 4) is 0 Å². The lowest BCUT2D eigenvalue weighted by Crippen LogP contribution is -2.46. The van der Waals surface area contributed by atoms with Gasteiger partial charge in [-0.05, 0) is 65.1 Å². The van der Waals surface area contributed by atoms with Crippen molar-refractivity contribution in [3.63, 3.8) is 0 Å². The molecule has 2 aromatic heterocycles. The van der Waals surface area contributed by atoms with E-state index in [1.807, 2.05) is 35.8 Å². The average molecular weight is 628 g/mol. The summed E-state index contributed by atoms with van der Waals surface area (Å²) in [5.41, 5.74) is 1.71. The molecule has 2 aliphatic rings. The van der Waals surface area contributed by atoms with Gasteiger partial charge in [0.15, 0.2) is 0 Å². The minimum atomic E-state index is -0.921. The number of hydrogen-bond donors (Lipinski definition) is 5. The number of aliphatic carboxylic acids is 1. The second kappa shape index (κ2) is 18.6. The Balaban J connectivity index is 1.12. The fourth-order valence-corrected chi connectivity index (χ4v) is 6.07. The van der Waals surface area contributed by atoms with Crippen LogP contribution < -0.4 is 26.2 Å². The van der Waals surface area contributed by atoms with Crippen molar-refractivity contribution >= 4 is 23.6 Å². The van der Waals surface area contributed by atoms with Gasteiger partial charge in [-0.15, -0.1) is 5.10 Å². The number of aromatic nitrogens is 5. The maximum atomic E-state index is 12.5. The highest BCUT2D eigenvalue weighted by molar-refractivity contribution is 5.76. The van der Waals surface area contributed by atoms with Crippen molar-refractivity contribution in [2.75, 3.05) is 63.1 Å². The van der Waals surface area contributed by atoms with E-state index in [2.05, 4.69) is 41.5 Å². The minimum absolute atomic E-state index is 0.0555. The molecule has 4 rings (SSSR count). The number of carbonyl (C=O) groups excluding carboxylic acids is 1. The molecule has 5 N–H and O–H groups in total. The molecule has 45 heavy (non-hydrogen) atoms. The number of carboxylic acids is 1. The predicted octanol–water partition coefficient (Wildman–Crippen LogP) is 1.77. The number of nitrogens with one attached hydrogen (secondary N) is 4. The number of amides is 1. The Hall–Kier alpha value is -3.36. The quantitative estimate of drug-likeness (QED) is 0.144. The number of carboxylic acid groups (broad SMARTS) is 1. The summed E-state index contributed by atoms with van der Waals surface area (Å²) in [6.45, 7) is 7.94. The highest BCUT2D eigenvalue weighted by atomic mass is 16.4. The highest BCUT2D eigenvalue weighted by Crippen LogP contribution is 2.23. The SMILES string of the molecule is Cc1cc(N(C)C2CCN(C(=O)CCNCC(=O)O)CC2)nc(NCc2cn(CCCNCCCNC3CCCCC3)nn2)n1. The first-order chi connectivity index (χ1) is 21.9. The van der Waals surface area contributed by atoms with Crippen LogP contribution >= 0.6 is 0 Å². The second-order valence-corrected chi connectivity index (χ2v) is 12.3. The Kier molecular flexibility index (Phi) is 14.2. The van der Waals surface area contributed by atoms with E-state index in [1.54, 1.807) is 0 Å². The van der Waals surface area contributed by atoms with Crippen LogP contribution in [0.2, 0.25) is 0 Å². The summed E-state index contributed by atoms with van der Waals surface area (Å²) >= 11 is 0. The molecule has 0 aromatic carbocycles. The Morgan fingerprint density at radius 3 is 2.56 bits per heavy atom. The monoisotopic (exact) mass is 627 g/mol. The normalized spacial score (nSPS) is 16.2. The van der Waals surface area contributed by atoms with Crippen LogP contribution in [0.5, 0.6) is 0 Å². The molecule has 250 valence electrons. The fourth-order valence-electron chi connectivity index (χ4n) is 6.07. The van der Waals surface area contributed by atoms with Gasteiger partial charge in [-0.2, -0.15) is 4.98 Å². The molecule has 0 radical (unpaired) electrons. The Bertz CT molecular complexity index is 1180. The largest absolute Gasteiger partial charge is 0.480 e. The third-order valence-corrected chi connectivity index (χ3v) is 8.68. The Morgan fingerprint density at radius 2 is 1.78 bits per heavy atom. The van der Waals surface area contributed by atoms with Crippen LogP contribution in [-0.2, 0) is 22.7 Å². The molecule has 2 aromatic rings. The lowest BCUT2D eigenvalue weighted by Gasteiger charge is -2.37. The molecule has 14 nitrogen and oxygen atoms in total. The van der Waals surface area contributed by atoms with Crippen LogP contribution in [0.3, 0.4) is 0 Å². The third kappa shape index (κ3) is 12.2. The molecule has 14 heteroatoms. The van der Waals surface area contributed by atoms with Crippen molar-refractivity contribution in [1.82, 2.24) is 45.8 Å². The molecule has 0 atom stereocenters. The van der Waals surface area contributed by atoms with E-state index in [-0.39, 0.29) is 18.5 Å². The summed E-state index contributed by atoms with van der Waals surface area (Å²) in [6.07, 6.45) is 12.9. The van der Waals surface area contributed by atoms with Crippen LogP contribution in [0, 0.1) is 6.92 Å². The molecule has 0 unspecified atom stereocenters. The molecular weight excluding hydrogens is 574 g/mol. The zero-order valence-corrected chi connectivity index (χ0v) is 27.1. The Labute approximate surface area is 267 Å². The molecule has 1 saturated heterocycles. The first-order valence-corrected chi connectivity index (χ1v) is 16.7. The number of carbonyl (C=O) groups is 2. The smallest absolute Gasteiger partial charge is 0.317 e. The van der Waals surface area contributed by atoms with E-state index in [4.69, 9.17) is 10.1 Å². The van der Waals surface area contributed by atoms with E-state index in [0.717, 1.165) is 75.1 Å². The number of nitrogens with zero attached hydrogens (tertiary/aromatic N) is 7. The lowest BCUT2D eigenvalue weighted by atomic mass is 9.95. The number of piperidine rings is 1. The number of rotatable bonds is 19. The maximum Gasteiger partial charge on any atom is 0.317 e. The molecule has 1 aliphatic carbocycles. The van der Waals surface area contributed by atoms with Crippen LogP contribution in [0.25, 0.3) is 0 Å². The van der Waals surface area contributed by atoms with Gasteiger partial charge in [-0.1, -0.05) is 24.5 Å². The van der Waals surface area contributed by atoms with Crippen molar-refractivity contribution < 1.29 is 14.7 Å². The summed E-state index contributed by atoms with van der Waals surface area (Å²) in [5, 5.41) is 30.6. The molecule has 3 heterocycles. The summed E-state index contributed by atoms with van der Waals surface area (Å²) < 4.78 is 1.89. The average Bonchev–Trinajstić information content (AvgIpc) is 3.51. The molecule has 1 amide bonds. The number of likely N-dealkylation sites (tertiary alicyclic amines) is 1. The molecule has 1 aliphatic heterocycles. The molecular formula is C31H53N11O3. The summed E-state index contributed by atoms with van der Waals surface area (Å²) in [4.78, 5) is 36.5. The summed E-state index contributed by atoms with van der Waals surface area (Å²) in [6, 6.07) is 2.97. The van der Waals surface area contributed by atoms with E-state index in [1.165, 1.54) is 32.1 Å². The highest BCUT2D eigenvalue weighted by Gasteiger charge is 2.26. The van der Waals surface area contributed by atoms with Gasteiger partial charge < -0.3 is 36.2 Å². The number of aryl methyl sites for hydroxylation is 2. The van der Waals surface area contributed by atoms with Gasteiger partial charge in [-0.25, -0.2) is 4.98 Å². The predicted molar refractivity (Wildman–Crippen MR) is 174 cm³/mol. The van der Waals surface area contributed by atoms with Crippen LogP contribution in [0.1, 0.15) is 75.6 Å². The van der Waals surface area contributed by atoms with Gasteiger partial charge in [0.05, 0.1) is 19.3 Å². The number of hydrogen-bond acceptors (Lipinski definition) is 11. The Morgan fingerprint density at radius 1 is 1.00 bits per heavy atom. The number of anilines is 2. The summed E-state index contributed by atoms with van der Waals surface area (Å²) in [5.74, 6) is 0.526. The van der Waals surface area contributed by atoms with Crippen molar-refractivity contribution in [2.24, 2.45) is 0 Å². The van der Waals surface area contributed by atoms with Crippen LogP contribution in [-0.4, -0.2) is 112 Å². The van der Waals surface area contributed by atoms with Crippen molar-refractivity contribution in [3.05, 3.63) is 23.7 Å². The first-order valence-electron chi connectivity index (χ1n) is 16.7. The molecule has 0 bridgehead atoms. The van der Waals surface area contributed by atoms with Crippen LogP contribution in [0.15, 0.2) is 12.3 Å². The second-order valence-electron chi connectivity index (χ2n) is 12.3. The third-order valence-electron chi connectivity index (χ3n) is 8.68. The van der Waals surface area contributed by atoms with Gasteiger partial charge in [0.25, 0.3) is 0 Å². The topological polar surface area (TPSA) is 165 Å². The van der Waals surface area contributed by atoms with Crippen molar-refractivity contribution in [2.45, 2.75) is 96.3 Å². The molecule has 0 spiro atoms. The van der Waals surface area contributed by atoms with E-state index in [9.17, 15) is 9.59 Å². The zero-order chi connectivity index (χ0) is 31.9. The maximum absolute atomic E-state index is 12.5. The zero-order valence-electron chi connectivity index (χ0n) is 27.1. The van der Waals surface area contributed by atoms with Crippen molar-refractivity contribution in [1.29, 1.82) is 0 Å². The lowest BCUT2D eigenvalue weighted by molar-refractivity contribution is -0.136. The van der Waals surface area contributed by atoms with Gasteiger partial charge in [0, 0.05) is 63.5 Å². The van der Waals surface area contributed by atoms with Crippen LogP contribution in [0.4, 0.5) is 11.8 Å². The van der Waals surface area contributed by atoms with E-state index >= 15 is 0 Å². The molecule has 2 fully saturated rings. The van der Waals surface area contributed by atoms with Gasteiger partial charge >= 0.3 is 5.97 Å². The van der Waals surface area contributed by atoms with E-state index in [0.29, 0.717) is 38.5 Å². The first kappa shape index (κ1) is 34.5. The fraction of sp³-hybridized carbons (Fsp3) is 0.742. The van der Waals surface area contributed by atoms with Gasteiger partial charge in [0.1, 0.15) is 11.5 Å². The van der Waals surface area contributed by atoms with Gasteiger partial charge in [0.2, 0.25) is 11.9 Å². The van der Waals surface area contributed by atoms with E-state index < -0.39 is 5.97 Å². The standard InChI is InChI=1S/C31H53N11O3/c1-24-20-28(40(2)27-11-18-41(19-12-27)29(43)10-16-33-22-30(44)45)37-31(36-24)35-21-26-23-42(39-38-26)17-7-14-32-13-6-15-34-25-8-4-3-5-9-25/h20,23,25,27,32-34H,3-19,21-22H2,1-2H3,(H,44,45)(H,35,36,37). The van der Waals surface area contributed by atoms with Gasteiger partial charge in [-0.3, -0.25) is 14.3 Å². The minimum Gasteiger partial charge on any atom is -0.480 e.